The Kier molecular flexibility index (Phi) is 4.36. The highest BCUT2D eigenvalue weighted by atomic mass is 16.5. The molecule has 0 bridgehead atoms. The maximum absolute atomic E-state index is 9.42. The molecule has 0 aliphatic carbocycles. The molecule has 0 spiro atoms. The highest BCUT2D eigenvalue weighted by Gasteiger charge is 2.23. The van der Waals surface area contributed by atoms with Gasteiger partial charge in [-0.05, 0) is 35.4 Å². The monoisotopic (exact) mass is 222 g/mol. The van der Waals surface area contributed by atoms with Crippen LogP contribution in [-0.4, -0.2) is 18.8 Å². The van der Waals surface area contributed by atoms with E-state index in [1.807, 2.05) is 18.2 Å². The Morgan fingerprint density at radius 2 is 2.00 bits per heavy atom. The number of benzene rings is 1. The first-order valence-corrected chi connectivity index (χ1v) is 5.71. The number of ether oxygens (including phenoxy) is 1. The zero-order valence-electron chi connectivity index (χ0n) is 10.7. The zero-order chi connectivity index (χ0) is 12.2. The summed E-state index contributed by atoms with van der Waals surface area (Å²) in [5.41, 5.74) is 1.34. The first-order chi connectivity index (χ1) is 7.47. The lowest BCUT2D eigenvalue weighted by atomic mass is 9.78. The SMILES string of the molecule is COc1cccc(CC(CO)C(C)(C)C)c1. The van der Waals surface area contributed by atoms with Gasteiger partial charge in [0.1, 0.15) is 5.75 Å². The maximum atomic E-state index is 9.42. The Hall–Kier alpha value is -1.02. The number of aliphatic hydroxyl groups is 1. The van der Waals surface area contributed by atoms with E-state index in [4.69, 9.17) is 4.74 Å². The van der Waals surface area contributed by atoms with Gasteiger partial charge in [-0.3, -0.25) is 0 Å². The largest absolute Gasteiger partial charge is 0.497 e. The van der Waals surface area contributed by atoms with Crippen LogP contribution in [0.5, 0.6) is 5.75 Å². The van der Waals surface area contributed by atoms with Gasteiger partial charge in [0.15, 0.2) is 0 Å². The lowest BCUT2D eigenvalue weighted by Gasteiger charge is -2.29. The third-order valence-electron chi connectivity index (χ3n) is 3.06. The number of hydrogen-bond donors (Lipinski definition) is 1. The molecule has 2 heteroatoms. The average molecular weight is 222 g/mol. The first-order valence-electron chi connectivity index (χ1n) is 5.71. The van der Waals surface area contributed by atoms with Crippen LogP contribution in [-0.2, 0) is 6.42 Å². The lowest BCUT2D eigenvalue weighted by Crippen LogP contribution is -2.25. The summed E-state index contributed by atoms with van der Waals surface area (Å²) >= 11 is 0. The average Bonchev–Trinajstić information content (AvgIpc) is 2.24. The molecule has 1 aromatic rings. The Morgan fingerprint density at radius 1 is 1.31 bits per heavy atom. The number of methoxy groups -OCH3 is 1. The Labute approximate surface area is 98.3 Å². The molecule has 16 heavy (non-hydrogen) atoms. The summed E-state index contributed by atoms with van der Waals surface area (Å²) in [6.45, 7) is 6.71. The van der Waals surface area contributed by atoms with Crippen LogP contribution in [0.4, 0.5) is 0 Å². The van der Waals surface area contributed by atoms with Crippen LogP contribution in [0.1, 0.15) is 26.3 Å². The van der Waals surface area contributed by atoms with Crippen molar-refractivity contribution in [2.24, 2.45) is 11.3 Å². The van der Waals surface area contributed by atoms with Crippen molar-refractivity contribution < 1.29 is 9.84 Å². The van der Waals surface area contributed by atoms with E-state index in [1.165, 1.54) is 5.56 Å². The molecule has 0 aliphatic heterocycles. The second kappa shape index (κ2) is 5.35. The predicted octanol–water partition coefficient (Wildman–Crippen LogP) is 2.89. The van der Waals surface area contributed by atoms with Crippen LogP contribution >= 0.6 is 0 Å². The molecule has 2 nitrogen and oxygen atoms in total. The molecule has 90 valence electrons. The van der Waals surface area contributed by atoms with Crippen molar-refractivity contribution in [3.05, 3.63) is 29.8 Å². The number of rotatable bonds is 4. The quantitative estimate of drug-likeness (QED) is 0.848. The molecule has 1 atom stereocenters. The molecule has 1 N–H and O–H groups in total. The summed E-state index contributed by atoms with van der Waals surface area (Å²) in [5, 5.41) is 9.42. The standard InChI is InChI=1S/C14H22O2/c1-14(2,3)12(10-15)8-11-6-5-7-13(9-11)16-4/h5-7,9,12,15H,8,10H2,1-4H3. The van der Waals surface area contributed by atoms with Crippen LogP contribution < -0.4 is 4.74 Å². The van der Waals surface area contributed by atoms with Crippen molar-refractivity contribution in [1.29, 1.82) is 0 Å². The molecule has 0 saturated carbocycles. The fraction of sp³-hybridized carbons (Fsp3) is 0.571. The highest BCUT2D eigenvalue weighted by molar-refractivity contribution is 5.28. The topological polar surface area (TPSA) is 29.5 Å². The van der Waals surface area contributed by atoms with Gasteiger partial charge in [-0.2, -0.15) is 0 Å². The van der Waals surface area contributed by atoms with Gasteiger partial charge in [-0.1, -0.05) is 32.9 Å². The van der Waals surface area contributed by atoms with E-state index >= 15 is 0 Å². The molecule has 1 rings (SSSR count). The molecule has 1 aromatic carbocycles. The van der Waals surface area contributed by atoms with Crippen LogP contribution in [0.3, 0.4) is 0 Å². The molecule has 1 unspecified atom stereocenters. The Balaban J connectivity index is 2.78. The smallest absolute Gasteiger partial charge is 0.119 e. The van der Waals surface area contributed by atoms with Crippen molar-refractivity contribution >= 4 is 0 Å². The molecule has 0 aliphatic rings. The van der Waals surface area contributed by atoms with Crippen LogP contribution in [0, 0.1) is 11.3 Å². The van der Waals surface area contributed by atoms with E-state index in [-0.39, 0.29) is 17.9 Å². The minimum Gasteiger partial charge on any atom is -0.497 e. The molecule has 0 fully saturated rings. The summed E-state index contributed by atoms with van der Waals surface area (Å²) < 4.78 is 5.19. The molecular weight excluding hydrogens is 200 g/mol. The van der Waals surface area contributed by atoms with E-state index in [2.05, 4.69) is 26.8 Å². The van der Waals surface area contributed by atoms with Gasteiger partial charge in [0, 0.05) is 6.61 Å². The molecule has 0 heterocycles. The summed E-state index contributed by atoms with van der Waals surface area (Å²) in [6, 6.07) is 8.05. The van der Waals surface area contributed by atoms with E-state index in [9.17, 15) is 5.11 Å². The predicted molar refractivity (Wildman–Crippen MR) is 66.7 cm³/mol. The van der Waals surface area contributed by atoms with Crippen molar-refractivity contribution in [3.63, 3.8) is 0 Å². The van der Waals surface area contributed by atoms with Crippen molar-refractivity contribution in [1.82, 2.24) is 0 Å². The normalized spacial score (nSPS) is 13.6. The highest BCUT2D eigenvalue weighted by Crippen LogP contribution is 2.29. The Morgan fingerprint density at radius 3 is 2.50 bits per heavy atom. The second-order valence-electron chi connectivity index (χ2n) is 5.30. The van der Waals surface area contributed by atoms with Crippen molar-refractivity contribution in [2.45, 2.75) is 27.2 Å². The third-order valence-corrected chi connectivity index (χ3v) is 3.06. The number of hydrogen-bond acceptors (Lipinski definition) is 2. The first kappa shape index (κ1) is 13.0. The van der Waals surface area contributed by atoms with Gasteiger partial charge in [0.25, 0.3) is 0 Å². The molecular formula is C14H22O2. The van der Waals surface area contributed by atoms with Gasteiger partial charge in [-0.15, -0.1) is 0 Å². The van der Waals surface area contributed by atoms with Gasteiger partial charge < -0.3 is 9.84 Å². The summed E-state index contributed by atoms with van der Waals surface area (Å²) in [4.78, 5) is 0. The van der Waals surface area contributed by atoms with Gasteiger partial charge in [0.05, 0.1) is 7.11 Å². The minimum atomic E-state index is 0.123. The van der Waals surface area contributed by atoms with Crippen molar-refractivity contribution in [3.8, 4) is 5.75 Å². The van der Waals surface area contributed by atoms with Gasteiger partial charge in [0.2, 0.25) is 0 Å². The minimum absolute atomic E-state index is 0.123. The molecule has 0 amide bonds. The third kappa shape index (κ3) is 3.53. The molecule has 0 radical (unpaired) electrons. The Bertz CT molecular complexity index is 326. The van der Waals surface area contributed by atoms with Crippen LogP contribution in [0.25, 0.3) is 0 Å². The van der Waals surface area contributed by atoms with Gasteiger partial charge >= 0.3 is 0 Å². The fourth-order valence-corrected chi connectivity index (χ4v) is 1.73. The van der Waals surface area contributed by atoms with E-state index < -0.39 is 0 Å². The molecule has 0 aromatic heterocycles. The van der Waals surface area contributed by atoms with Crippen LogP contribution in [0.15, 0.2) is 24.3 Å². The van der Waals surface area contributed by atoms with Crippen LogP contribution in [0.2, 0.25) is 0 Å². The summed E-state index contributed by atoms with van der Waals surface area (Å²) in [7, 11) is 1.67. The second-order valence-corrected chi connectivity index (χ2v) is 5.30. The molecule has 0 saturated heterocycles. The maximum Gasteiger partial charge on any atom is 0.119 e. The van der Waals surface area contributed by atoms with Gasteiger partial charge in [-0.25, -0.2) is 0 Å². The van der Waals surface area contributed by atoms with E-state index in [0.29, 0.717) is 0 Å². The zero-order valence-corrected chi connectivity index (χ0v) is 10.7. The summed E-state index contributed by atoms with van der Waals surface area (Å²) in [5.74, 6) is 1.16. The number of aliphatic hydroxyl groups excluding tert-OH is 1. The summed E-state index contributed by atoms with van der Waals surface area (Å²) in [6.07, 6.45) is 0.886. The fourth-order valence-electron chi connectivity index (χ4n) is 1.73. The van der Waals surface area contributed by atoms with E-state index in [0.717, 1.165) is 12.2 Å². The lowest BCUT2D eigenvalue weighted by molar-refractivity contribution is 0.131. The van der Waals surface area contributed by atoms with E-state index in [1.54, 1.807) is 7.11 Å². The van der Waals surface area contributed by atoms with Crippen molar-refractivity contribution in [2.75, 3.05) is 13.7 Å².